The molecule has 2 amide bonds. The topological polar surface area (TPSA) is 184 Å². The molecule has 3 aromatic rings. The number of amides is 2. The minimum Gasteiger partial charge on any atom is -0.483 e. The van der Waals surface area contributed by atoms with E-state index >= 15 is 0 Å². The maximum absolute atomic E-state index is 13.6. The van der Waals surface area contributed by atoms with Crippen LogP contribution in [0.4, 0.5) is 18.9 Å². The molecule has 3 heterocycles. The van der Waals surface area contributed by atoms with E-state index in [0.29, 0.717) is 6.42 Å². The summed E-state index contributed by atoms with van der Waals surface area (Å²) < 4.78 is 42.8. The van der Waals surface area contributed by atoms with Crippen LogP contribution in [0.3, 0.4) is 0 Å². The molecule has 1 aromatic carbocycles. The standard InChI is InChI=1S/C28H28ClF3N8O3.CH2O2/c1-39-22(20-14-40(7-5-33)38-24(20)28(30,31)32)13-35-25(39)27(43)36-17-2-3-19(21(29)11-17)26(42)37-18-8-15(9-18)10-23(41)16-4-6-34-12-16;2-1-3/h2-3,11,13-16,18,34H,4,6-10,12H2,1H3,(H,36,43)(H,37,42);1H,(H,2,3)/t15?,16-,18?;/m1./s1. The van der Waals surface area contributed by atoms with Gasteiger partial charge in [-0.2, -0.15) is 23.5 Å². The molecular weight excluding hydrogens is 633 g/mol. The zero-order valence-corrected chi connectivity index (χ0v) is 25.2. The van der Waals surface area contributed by atoms with Crippen LogP contribution in [-0.4, -0.2) is 67.6 Å². The average Bonchev–Trinajstić information content (AvgIpc) is 3.72. The normalized spacial score (nSPS) is 18.8. The lowest BCUT2D eigenvalue weighted by atomic mass is 9.76. The Morgan fingerprint density at radius 1 is 1.26 bits per heavy atom. The van der Waals surface area contributed by atoms with E-state index in [-0.39, 0.29) is 75.9 Å². The molecule has 1 aliphatic carbocycles. The summed E-state index contributed by atoms with van der Waals surface area (Å²) in [5.74, 6) is -0.649. The third-order valence-electron chi connectivity index (χ3n) is 7.78. The first-order valence-corrected chi connectivity index (χ1v) is 14.5. The maximum atomic E-state index is 13.6. The van der Waals surface area contributed by atoms with Crippen molar-refractivity contribution in [3.63, 3.8) is 0 Å². The largest absolute Gasteiger partial charge is 0.483 e. The summed E-state index contributed by atoms with van der Waals surface area (Å²) in [4.78, 5) is 50.5. The Morgan fingerprint density at radius 2 is 1.98 bits per heavy atom. The molecule has 1 saturated heterocycles. The van der Waals surface area contributed by atoms with E-state index in [1.165, 1.54) is 29.8 Å². The summed E-state index contributed by atoms with van der Waals surface area (Å²) >= 11 is 6.35. The van der Waals surface area contributed by atoms with Gasteiger partial charge in [-0.15, -0.1) is 0 Å². The number of alkyl halides is 3. The number of Topliss-reactive ketones (excluding diaryl/α,β-unsaturated/α-hetero) is 1. The van der Waals surface area contributed by atoms with Crippen LogP contribution < -0.4 is 16.0 Å². The highest BCUT2D eigenvalue weighted by atomic mass is 35.5. The molecule has 1 atom stereocenters. The SMILES string of the molecule is Cn1c(-c2cn(CC#N)nc2C(F)(F)F)cnc1C(=O)Nc1ccc(C(=O)NC2CC(CC(=O)[C@@H]3CCNC3)C2)c(Cl)c1.O=CO. The lowest BCUT2D eigenvalue weighted by Crippen LogP contribution is -2.45. The molecule has 13 nitrogen and oxygen atoms in total. The van der Waals surface area contributed by atoms with Gasteiger partial charge in [0.2, 0.25) is 0 Å². The number of aromatic nitrogens is 4. The molecule has 0 bridgehead atoms. The minimum atomic E-state index is -4.79. The first-order chi connectivity index (χ1) is 21.9. The Hall–Kier alpha value is -4.75. The first kappa shape index (κ1) is 34.1. The minimum absolute atomic E-state index is 0.0233. The maximum Gasteiger partial charge on any atom is 0.435 e. The Balaban J connectivity index is 0.00000154. The van der Waals surface area contributed by atoms with Crippen LogP contribution in [0, 0.1) is 23.2 Å². The quantitative estimate of drug-likeness (QED) is 0.249. The second kappa shape index (κ2) is 14.6. The number of hydrogen-bond donors (Lipinski definition) is 4. The van der Waals surface area contributed by atoms with E-state index in [1.54, 1.807) is 6.07 Å². The van der Waals surface area contributed by atoms with Crippen LogP contribution in [0.25, 0.3) is 11.3 Å². The van der Waals surface area contributed by atoms with E-state index in [4.69, 9.17) is 26.8 Å². The number of nitrogens with one attached hydrogen (secondary N) is 3. The number of nitriles is 1. The predicted octanol–water partition coefficient (Wildman–Crippen LogP) is 3.51. The lowest BCUT2D eigenvalue weighted by molar-refractivity contribution is -0.141. The fourth-order valence-electron chi connectivity index (χ4n) is 5.47. The number of halogens is 4. The molecule has 0 unspecified atom stereocenters. The number of benzene rings is 1. The van der Waals surface area contributed by atoms with E-state index in [0.717, 1.165) is 49.4 Å². The van der Waals surface area contributed by atoms with Crippen LogP contribution in [-0.2, 0) is 29.4 Å². The fourth-order valence-corrected chi connectivity index (χ4v) is 5.74. The number of ketones is 1. The summed E-state index contributed by atoms with van der Waals surface area (Å²) in [6.07, 6.45) is 0.247. The second-order valence-electron chi connectivity index (χ2n) is 10.9. The molecule has 0 spiro atoms. The third kappa shape index (κ3) is 7.90. The zero-order chi connectivity index (χ0) is 33.6. The number of nitrogens with zero attached hydrogens (tertiary/aromatic N) is 5. The van der Waals surface area contributed by atoms with E-state index in [1.807, 2.05) is 0 Å². The monoisotopic (exact) mass is 662 g/mol. The van der Waals surface area contributed by atoms with E-state index < -0.39 is 17.8 Å². The van der Waals surface area contributed by atoms with Gasteiger partial charge in [-0.1, -0.05) is 11.6 Å². The van der Waals surface area contributed by atoms with Crippen LogP contribution >= 0.6 is 11.6 Å². The van der Waals surface area contributed by atoms with Crippen molar-refractivity contribution >= 4 is 41.4 Å². The Kier molecular flexibility index (Phi) is 10.8. The molecule has 2 aromatic heterocycles. The zero-order valence-electron chi connectivity index (χ0n) is 24.5. The van der Waals surface area contributed by atoms with Crippen molar-refractivity contribution in [2.75, 3.05) is 18.4 Å². The van der Waals surface area contributed by atoms with Gasteiger partial charge in [0.15, 0.2) is 11.5 Å². The van der Waals surface area contributed by atoms with Gasteiger partial charge in [0.25, 0.3) is 18.3 Å². The number of imidazole rings is 1. The van der Waals surface area contributed by atoms with Crippen molar-refractivity contribution in [1.82, 2.24) is 30.0 Å². The summed E-state index contributed by atoms with van der Waals surface area (Å²) in [6, 6.07) is 6.02. The summed E-state index contributed by atoms with van der Waals surface area (Å²) in [6.45, 7) is 0.976. The van der Waals surface area contributed by atoms with E-state index in [9.17, 15) is 27.6 Å². The molecule has 2 aliphatic rings. The Morgan fingerprint density at radius 3 is 2.59 bits per heavy atom. The molecule has 244 valence electrons. The molecule has 46 heavy (non-hydrogen) atoms. The van der Waals surface area contributed by atoms with Gasteiger partial charge >= 0.3 is 6.18 Å². The molecule has 1 saturated carbocycles. The third-order valence-corrected chi connectivity index (χ3v) is 8.09. The summed E-state index contributed by atoms with van der Waals surface area (Å²) in [5.41, 5.74) is -1.09. The summed E-state index contributed by atoms with van der Waals surface area (Å²) in [5, 5.41) is 28.0. The van der Waals surface area contributed by atoms with Crippen LogP contribution in [0.15, 0.2) is 30.6 Å². The molecule has 17 heteroatoms. The van der Waals surface area contributed by atoms with Crippen molar-refractivity contribution in [3.8, 4) is 17.3 Å². The van der Waals surface area contributed by atoms with Gasteiger partial charge in [0.05, 0.1) is 34.1 Å². The first-order valence-electron chi connectivity index (χ1n) is 14.1. The van der Waals surface area contributed by atoms with Crippen molar-refractivity contribution in [1.29, 1.82) is 5.26 Å². The van der Waals surface area contributed by atoms with Crippen molar-refractivity contribution in [3.05, 3.63) is 52.7 Å². The lowest BCUT2D eigenvalue weighted by Gasteiger charge is -2.36. The van der Waals surface area contributed by atoms with Crippen LogP contribution in [0.1, 0.15) is 52.4 Å². The highest BCUT2D eigenvalue weighted by Gasteiger charge is 2.39. The summed E-state index contributed by atoms with van der Waals surface area (Å²) in [7, 11) is 1.38. The average molecular weight is 663 g/mol. The molecule has 1 aliphatic heterocycles. The highest BCUT2D eigenvalue weighted by molar-refractivity contribution is 6.34. The van der Waals surface area contributed by atoms with Gasteiger partial charge in [-0.3, -0.25) is 23.9 Å². The van der Waals surface area contributed by atoms with Gasteiger partial charge in [0.1, 0.15) is 12.3 Å². The van der Waals surface area contributed by atoms with Crippen molar-refractivity contribution in [2.45, 2.75) is 44.4 Å². The molecule has 0 radical (unpaired) electrons. The smallest absolute Gasteiger partial charge is 0.435 e. The van der Waals surface area contributed by atoms with Crippen molar-refractivity contribution in [2.24, 2.45) is 18.9 Å². The number of hydrogen-bond acceptors (Lipinski definition) is 8. The molecular formula is C29H30ClF3N8O5. The highest BCUT2D eigenvalue weighted by Crippen LogP contribution is 2.36. The Labute approximate surface area is 265 Å². The Bertz CT molecular complexity index is 1650. The van der Waals surface area contributed by atoms with E-state index in [2.05, 4.69) is 26.0 Å². The number of rotatable bonds is 9. The van der Waals surface area contributed by atoms with Crippen LogP contribution in [0.2, 0.25) is 5.02 Å². The fraction of sp³-hybridized carbons (Fsp3) is 0.414. The van der Waals surface area contributed by atoms with Crippen LogP contribution in [0.5, 0.6) is 0 Å². The molecule has 4 N–H and O–H groups in total. The molecule has 5 rings (SSSR count). The predicted molar refractivity (Wildman–Crippen MR) is 158 cm³/mol. The number of carbonyl (C=O) groups excluding carboxylic acids is 3. The van der Waals surface area contributed by atoms with Gasteiger partial charge in [-0.05, 0) is 49.9 Å². The number of carboxylic acid groups (broad SMARTS) is 1. The van der Waals surface area contributed by atoms with Gasteiger partial charge < -0.3 is 25.6 Å². The van der Waals surface area contributed by atoms with Gasteiger partial charge in [0, 0.05) is 43.9 Å². The van der Waals surface area contributed by atoms with Gasteiger partial charge in [-0.25, -0.2) is 4.98 Å². The molecule has 2 fully saturated rings. The number of anilines is 1. The number of carbonyl (C=O) groups is 4. The second-order valence-corrected chi connectivity index (χ2v) is 11.3. The van der Waals surface area contributed by atoms with Crippen molar-refractivity contribution < 1.29 is 37.5 Å².